The van der Waals surface area contributed by atoms with Crippen LogP contribution in [-0.4, -0.2) is 92.1 Å². The molecule has 0 unspecified atom stereocenters. The van der Waals surface area contributed by atoms with E-state index in [1.54, 1.807) is 0 Å². The molecule has 7 N–H and O–H groups in total. The summed E-state index contributed by atoms with van der Waals surface area (Å²) in [6, 6.07) is 0. The average Bonchev–Trinajstić information content (AvgIpc) is 2.58. The minimum atomic E-state index is -0.259. The second-order valence-corrected chi connectivity index (χ2v) is 5.03. The SMILES string of the molecule is CCNCCCNC.CCNCOCNC.CNCC(O)CNC. The van der Waals surface area contributed by atoms with Crippen LogP contribution in [0.3, 0.4) is 0 Å². The van der Waals surface area contributed by atoms with Crippen molar-refractivity contribution < 1.29 is 9.84 Å². The Hall–Kier alpha value is -0.320. The highest BCUT2D eigenvalue weighted by Gasteiger charge is 1.96. The monoisotopic (exact) mass is 352 g/mol. The van der Waals surface area contributed by atoms with E-state index in [1.807, 2.05) is 35.1 Å². The van der Waals surface area contributed by atoms with Crippen molar-refractivity contribution in [3.63, 3.8) is 0 Å². The Bertz CT molecular complexity index is 160. The highest BCUT2D eigenvalue weighted by Crippen LogP contribution is 1.73. The summed E-state index contributed by atoms with van der Waals surface area (Å²) in [5.41, 5.74) is 0. The summed E-state index contributed by atoms with van der Waals surface area (Å²) in [5.74, 6) is 0. The molecule has 0 atom stereocenters. The van der Waals surface area contributed by atoms with Crippen molar-refractivity contribution in [2.45, 2.75) is 26.4 Å². The second kappa shape index (κ2) is 30.5. The lowest BCUT2D eigenvalue weighted by molar-refractivity contribution is 0.106. The standard InChI is InChI=1S/C6H16N2.2C5H14N2O/c1-3-8-6-4-5-7-2;1-6-3-5(8)4-7-2;1-3-7-5-8-4-6-2/h7-8H,3-6H2,1-2H3;5-8H,3-4H2,1-2H3;6-7H,3-5H2,1-2H3. The first-order chi connectivity index (χ1) is 11.6. The zero-order chi connectivity index (χ0) is 18.9. The Balaban J connectivity index is -0.000000276. The van der Waals surface area contributed by atoms with E-state index in [1.165, 1.54) is 6.42 Å². The van der Waals surface area contributed by atoms with E-state index < -0.39 is 0 Å². The maximum absolute atomic E-state index is 8.92. The maximum Gasteiger partial charge on any atom is 0.0983 e. The molecular formula is C16H44N6O2. The fraction of sp³-hybridized carbons (Fsp3) is 1.00. The lowest BCUT2D eigenvalue weighted by atomic mass is 10.3. The molecule has 0 saturated heterocycles. The normalized spacial score (nSPS) is 10.0. The Labute approximate surface area is 149 Å². The third kappa shape index (κ3) is 37.7. The summed E-state index contributed by atoms with van der Waals surface area (Å²) in [6.07, 6.45) is 0.967. The van der Waals surface area contributed by atoms with Crippen LogP contribution in [0.1, 0.15) is 20.3 Å². The van der Waals surface area contributed by atoms with Gasteiger partial charge in [0, 0.05) is 13.1 Å². The van der Waals surface area contributed by atoms with E-state index in [0.29, 0.717) is 26.6 Å². The van der Waals surface area contributed by atoms with Crippen molar-refractivity contribution in [2.75, 3.05) is 80.9 Å². The molecule has 0 rings (SSSR count). The zero-order valence-electron chi connectivity index (χ0n) is 16.8. The van der Waals surface area contributed by atoms with Gasteiger partial charge in [-0.25, -0.2) is 0 Å². The first-order valence-electron chi connectivity index (χ1n) is 8.89. The number of aliphatic hydroxyl groups excluding tert-OH is 1. The number of hydrogen-bond acceptors (Lipinski definition) is 8. The molecule has 24 heavy (non-hydrogen) atoms. The molecule has 0 aliphatic heterocycles. The van der Waals surface area contributed by atoms with Crippen LogP contribution in [0.2, 0.25) is 0 Å². The molecule has 8 nitrogen and oxygen atoms in total. The van der Waals surface area contributed by atoms with Gasteiger partial charge in [0.2, 0.25) is 0 Å². The molecular weight excluding hydrogens is 308 g/mol. The van der Waals surface area contributed by atoms with E-state index in [0.717, 1.165) is 26.2 Å². The summed E-state index contributed by atoms with van der Waals surface area (Å²) in [5, 5.41) is 26.9. The fourth-order valence-electron chi connectivity index (χ4n) is 1.44. The van der Waals surface area contributed by atoms with Crippen LogP contribution in [0.15, 0.2) is 0 Å². The third-order valence-electron chi connectivity index (χ3n) is 2.61. The lowest BCUT2D eigenvalue weighted by Gasteiger charge is -2.06. The Morgan fingerprint density at radius 1 is 0.750 bits per heavy atom. The Kier molecular flexibility index (Phi) is 36.3. The first-order valence-corrected chi connectivity index (χ1v) is 8.89. The molecule has 8 heteroatoms. The molecule has 0 heterocycles. The van der Waals surface area contributed by atoms with E-state index >= 15 is 0 Å². The van der Waals surface area contributed by atoms with Crippen molar-refractivity contribution in [2.24, 2.45) is 0 Å². The lowest BCUT2D eigenvalue weighted by Crippen LogP contribution is -2.32. The minimum Gasteiger partial charge on any atom is -0.390 e. The first kappa shape index (κ1) is 28.5. The maximum atomic E-state index is 8.92. The van der Waals surface area contributed by atoms with Crippen LogP contribution in [-0.2, 0) is 4.74 Å². The van der Waals surface area contributed by atoms with Crippen LogP contribution in [0.5, 0.6) is 0 Å². The largest absolute Gasteiger partial charge is 0.390 e. The zero-order valence-corrected chi connectivity index (χ0v) is 16.8. The van der Waals surface area contributed by atoms with Gasteiger partial charge in [-0.15, -0.1) is 0 Å². The van der Waals surface area contributed by atoms with Gasteiger partial charge >= 0.3 is 0 Å². The van der Waals surface area contributed by atoms with E-state index in [2.05, 4.69) is 38.8 Å². The molecule has 0 radical (unpaired) electrons. The summed E-state index contributed by atoms with van der Waals surface area (Å²) in [6.45, 7) is 11.0. The van der Waals surface area contributed by atoms with Gasteiger partial charge in [0.1, 0.15) is 0 Å². The molecule has 150 valence electrons. The fourth-order valence-corrected chi connectivity index (χ4v) is 1.44. The van der Waals surface area contributed by atoms with Crippen molar-refractivity contribution >= 4 is 0 Å². The molecule has 0 amide bonds. The summed E-state index contributed by atoms with van der Waals surface area (Å²) in [7, 11) is 7.47. The number of rotatable bonds is 14. The number of ether oxygens (including phenoxy) is 1. The summed E-state index contributed by atoms with van der Waals surface area (Å²) < 4.78 is 5.00. The van der Waals surface area contributed by atoms with Gasteiger partial charge < -0.3 is 31.1 Å². The highest BCUT2D eigenvalue weighted by molar-refractivity contribution is 4.57. The molecule has 0 bridgehead atoms. The molecule has 0 saturated carbocycles. The molecule has 0 spiro atoms. The smallest absolute Gasteiger partial charge is 0.0983 e. The molecule has 0 fully saturated rings. The summed E-state index contributed by atoms with van der Waals surface area (Å²) in [4.78, 5) is 0. The van der Waals surface area contributed by atoms with Crippen molar-refractivity contribution in [3.8, 4) is 0 Å². The van der Waals surface area contributed by atoms with Crippen LogP contribution in [0, 0.1) is 0 Å². The van der Waals surface area contributed by atoms with Crippen LogP contribution in [0.25, 0.3) is 0 Å². The van der Waals surface area contributed by atoms with Gasteiger partial charge in [0.05, 0.1) is 19.6 Å². The molecule has 0 aromatic heterocycles. The number of hydrogen-bond donors (Lipinski definition) is 7. The van der Waals surface area contributed by atoms with Gasteiger partial charge in [0.15, 0.2) is 0 Å². The molecule has 0 aromatic rings. The minimum absolute atomic E-state index is 0.259. The quantitative estimate of drug-likeness (QED) is 0.154. The van der Waals surface area contributed by atoms with Crippen LogP contribution < -0.4 is 31.9 Å². The van der Waals surface area contributed by atoms with E-state index in [-0.39, 0.29) is 6.10 Å². The number of likely N-dealkylation sites (N-methyl/N-ethyl adjacent to an activating group) is 2. The number of aliphatic hydroxyl groups is 1. The van der Waals surface area contributed by atoms with E-state index in [4.69, 9.17) is 9.84 Å². The van der Waals surface area contributed by atoms with Gasteiger partial charge in [-0.3, -0.25) is 10.6 Å². The van der Waals surface area contributed by atoms with Gasteiger partial charge in [0.25, 0.3) is 0 Å². The molecule has 0 aliphatic carbocycles. The Morgan fingerprint density at radius 3 is 1.75 bits per heavy atom. The topological polar surface area (TPSA) is 102 Å². The second-order valence-electron chi connectivity index (χ2n) is 5.03. The van der Waals surface area contributed by atoms with Gasteiger partial charge in [-0.2, -0.15) is 0 Å². The van der Waals surface area contributed by atoms with Crippen LogP contribution >= 0.6 is 0 Å². The van der Waals surface area contributed by atoms with Gasteiger partial charge in [-0.05, 0) is 60.8 Å². The van der Waals surface area contributed by atoms with Crippen molar-refractivity contribution in [3.05, 3.63) is 0 Å². The Morgan fingerprint density at radius 2 is 1.33 bits per heavy atom. The average molecular weight is 353 g/mol. The van der Waals surface area contributed by atoms with Crippen LogP contribution in [0.4, 0.5) is 0 Å². The predicted octanol–water partition coefficient (Wildman–Crippen LogP) is -1.26. The highest BCUT2D eigenvalue weighted by atomic mass is 16.5. The molecule has 0 aromatic carbocycles. The third-order valence-corrected chi connectivity index (χ3v) is 2.61. The van der Waals surface area contributed by atoms with Crippen molar-refractivity contribution in [1.82, 2.24) is 31.9 Å². The summed E-state index contributed by atoms with van der Waals surface area (Å²) >= 11 is 0. The molecule has 0 aliphatic rings. The van der Waals surface area contributed by atoms with Gasteiger partial charge in [-0.1, -0.05) is 13.8 Å². The van der Waals surface area contributed by atoms with E-state index in [9.17, 15) is 0 Å². The predicted molar refractivity (Wildman–Crippen MR) is 105 cm³/mol. The van der Waals surface area contributed by atoms with Crippen molar-refractivity contribution in [1.29, 1.82) is 0 Å². The number of nitrogens with one attached hydrogen (secondary N) is 6.